The lowest BCUT2D eigenvalue weighted by Gasteiger charge is -2.47. The number of hydrogen-bond acceptors (Lipinski definition) is 4. The summed E-state index contributed by atoms with van der Waals surface area (Å²) in [5, 5.41) is 7.21. The molecular formula is C15H23N5O. The number of aromatic amines is 1. The molecule has 0 aromatic carbocycles. The van der Waals surface area contributed by atoms with Gasteiger partial charge in [0.25, 0.3) is 5.91 Å². The van der Waals surface area contributed by atoms with Gasteiger partial charge < -0.3 is 9.80 Å². The Morgan fingerprint density at radius 3 is 2.62 bits per heavy atom. The molecule has 1 saturated carbocycles. The molecule has 114 valence electrons. The minimum absolute atomic E-state index is 0.0866. The summed E-state index contributed by atoms with van der Waals surface area (Å²) >= 11 is 0. The van der Waals surface area contributed by atoms with Gasteiger partial charge in [-0.25, -0.2) is 0 Å². The number of hydrogen-bond donors (Lipinski definition) is 1. The van der Waals surface area contributed by atoms with E-state index in [1.165, 1.54) is 12.8 Å². The third kappa shape index (κ3) is 2.58. The maximum Gasteiger partial charge on any atom is 0.274 e. The van der Waals surface area contributed by atoms with Crippen molar-refractivity contribution in [3.05, 3.63) is 17.5 Å². The lowest BCUT2D eigenvalue weighted by molar-refractivity contribution is 0.0107. The van der Waals surface area contributed by atoms with E-state index in [9.17, 15) is 4.79 Å². The van der Waals surface area contributed by atoms with Crippen LogP contribution in [0.15, 0.2) is 6.07 Å². The molecule has 1 aliphatic carbocycles. The molecule has 3 fully saturated rings. The fourth-order valence-corrected chi connectivity index (χ4v) is 3.25. The third-order valence-electron chi connectivity index (χ3n) is 5.04. The van der Waals surface area contributed by atoms with Gasteiger partial charge in [0.1, 0.15) is 5.69 Å². The van der Waals surface area contributed by atoms with Crippen LogP contribution in [0.5, 0.6) is 0 Å². The van der Waals surface area contributed by atoms with Crippen LogP contribution in [0, 0.1) is 0 Å². The van der Waals surface area contributed by atoms with Gasteiger partial charge in [-0.3, -0.25) is 14.8 Å². The van der Waals surface area contributed by atoms with Crippen LogP contribution in [0.1, 0.15) is 34.9 Å². The molecule has 0 spiro atoms. The molecule has 2 saturated heterocycles. The smallest absolute Gasteiger partial charge is 0.274 e. The summed E-state index contributed by atoms with van der Waals surface area (Å²) in [6.07, 6.45) is 2.45. The summed E-state index contributed by atoms with van der Waals surface area (Å²) in [5.41, 5.74) is 1.73. The zero-order valence-corrected chi connectivity index (χ0v) is 12.6. The molecule has 1 N–H and O–H groups in total. The van der Waals surface area contributed by atoms with Crippen molar-refractivity contribution < 1.29 is 4.79 Å². The zero-order chi connectivity index (χ0) is 14.4. The lowest BCUT2D eigenvalue weighted by atomic mass is 10.1. The number of likely N-dealkylation sites (N-methyl/N-ethyl adjacent to an activating group) is 1. The second-order valence-electron chi connectivity index (χ2n) is 6.69. The Bertz CT molecular complexity index is 524. The summed E-state index contributed by atoms with van der Waals surface area (Å²) in [7, 11) is 2.17. The second kappa shape index (κ2) is 5.10. The molecule has 0 unspecified atom stereocenters. The van der Waals surface area contributed by atoms with Gasteiger partial charge in [0.05, 0.1) is 0 Å². The Hall–Kier alpha value is -1.40. The number of amides is 1. The average molecular weight is 289 g/mol. The van der Waals surface area contributed by atoms with E-state index in [2.05, 4.69) is 27.0 Å². The summed E-state index contributed by atoms with van der Waals surface area (Å²) in [5.74, 6) is 0.706. The molecule has 1 aromatic rings. The number of nitrogens with zero attached hydrogens (tertiary/aromatic N) is 4. The van der Waals surface area contributed by atoms with E-state index in [0.717, 1.165) is 45.0 Å². The Balaban J connectivity index is 1.31. The van der Waals surface area contributed by atoms with E-state index in [0.29, 0.717) is 17.7 Å². The number of aromatic nitrogens is 2. The van der Waals surface area contributed by atoms with Gasteiger partial charge >= 0.3 is 0 Å². The van der Waals surface area contributed by atoms with Crippen molar-refractivity contribution >= 4 is 5.91 Å². The van der Waals surface area contributed by atoms with Gasteiger partial charge in [0, 0.05) is 56.9 Å². The molecular weight excluding hydrogens is 266 g/mol. The van der Waals surface area contributed by atoms with Gasteiger partial charge in [0.2, 0.25) is 0 Å². The molecule has 1 aromatic heterocycles. The number of rotatable bonds is 3. The van der Waals surface area contributed by atoms with Gasteiger partial charge in [-0.2, -0.15) is 5.10 Å². The van der Waals surface area contributed by atoms with Crippen LogP contribution < -0.4 is 0 Å². The SMILES string of the molecule is CN1CCN(C2CN(C(=O)c3cc(C4CC4)[nH]n3)C2)CC1. The first-order chi connectivity index (χ1) is 10.2. The number of carbonyl (C=O) groups excluding carboxylic acids is 1. The molecule has 4 rings (SSSR count). The van der Waals surface area contributed by atoms with Crippen LogP contribution in [-0.2, 0) is 0 Å². The second-order valence-corrected chi connectivity index (χ2v) is 6.69. The van der Waals surface area contributed by atoms with E-state index in [1.54, 1.807) is 0 Å². The number of piperazine rings is 1. The van der Waals surface area contributed by atoms with Crippen molar-refractivity contribution in [3.63, 3.8) is 0 Å². The van der Waals surface area contributed by atoms with Crippen LogP contribution in [0.2, 0.25) is 0 Å². The van der Waals surface area contributed by atoms with Crippen molar-refractivity contribution in [2.75, 3.05) is 46.3 Å². The first kappa shape index (κ1) is 13.3. The van der Waals surface area contributed by atoms with E-state index in [4.69, 9.17) is 0 Å². The average Bonchev–Trinajstić information content (AvgIpc) is 3.17. The minimum atomic E-state index is 0.0866. The molecule has 6 nitrogen and oxygen atoms in total. The number of carbonyl (C=O) groups is 1. The largest absolute Gasteiger partial charge is 0.334 e. The van der Waals surface area contributed by atoms with Gasteiger partial charge in [-0.1, -0.05) is 0 Å². The van der Waals surface area contributed by atoms with Gasteiger partial charge in [0.15, 0.2) is 0 Å². The fourth-order valence-electron chi connectivity index (χ4n) is 3.25. The van der Waals surface area contributed by atoms with E-state index in [1.807, 2.05) is 11.0 Å². The molecule has 1 amide bonds. The summed E-state index contributed by atoms with van der Waals surface area (Å²) in [6, 6.07) is 2.49. The van der Waals surface area contributed by atoms with Crippen molar-refractivity contribution in [1.82, 2.24) is 24.9 Å². The summed E-state index contributed by atoms with van der Waals surface area (Å²) in [6.45, 7) is 6.22. The van der Waals surface area contributed by atoms with Crippen LogP contribution in [0.4, 0.5) is 0 Å². The molecule has 6 heteroatoms. The number of H-pyrrole nitrogens is 1. The van der Waals surface area contributed by atoms with Crippen LogP contribution in [0.3, 0.4) is 0 Å². The molecule has 2 aliphatic heterocycles. The molecule has 0 atom stereocenters. The molecule has 21 heavy (non-hydrogen) atoms. The van der Waals surface area contributed by atoms with Crippen LogP contribution in [0.25, 0.3) is 0 Å². The van der Waals surface area contributed by atoms with Crippen molar-refractivity contribution in [2.24, 2.45) is 0 Å². The molecule has 0 radical (unpaired) electrons. The molecule has 3 aliphatic rings. The monoisotopic (exact) mass is 289 g/mol. The van der Waals surface area contributed by atoms with E-state index in [-0.39, 0.29) is 5.91 Å². The van der Waals surface area contributed by atoms with Crippen molar-refractivity contribution in [1.29, 1.82) is 0 Å². The Morgan fingerprint density at radius 2 is 1.95 bits per heavy atom. The van der Waals surface area contributed by atoms with Gasteiger partial charge in [-0.15, -0.1) is 0 Å². The van der Waals surface area contributed by atoms with Crippen molar-refractivity contribution in [2.45, 2.75) is 24.8 Å². The highest BCUT2D eigenvalue weighted by molar-refractivity contribution is 5.93. The first-order valence-electron chi connectivity index (χ1n) is 7.98. The molecule has 0 bridgehead atoms. The number of nitrogens with one attached hydrogen (secondary N) is 1. The first-order valence-corrected chi connectivity index (χ1v) is 7.98. The number of likely N-dealkylation sites (tertiary alicyclic amines) is 1. The predicted octanol–water partition coefficient (Wildman–Crippen LogP) is 0.359. The van der Waals surface area contributed by atoms with E-state index >= 15 is 0 Å². The summed E-state index contributed by atoms with van der Waals surface area (Å²) in [4.78, 5) is 19.2. The highest BCUT2D eigenvalue weighted by Gasteiger charge is 2.37. The third-order valence-corrected chi connectivity index (χ3v) is 5.04. The van der Waals surface area contributed by atoms with Gasteiger partial charge in [-0.05, 0) is 26.0 Å². The highest BCUT2D eigenvalue weighted by Crippen LogP contribution is 2.39. The van der Waals surface area contributed by atoms with Crippen molar-refractivity contribution in [3.8, 4) is 0 Å². The standard InChI is InChI=1S/C15H23N5O/c1-18-4-6-19(7-5-18)12-9-20(10-12)15(21)14-8-13(16-17-14)11-2-3-11/h8,11-12H,2-7,9-10H2,1H3,(H,16,17). The maximum atomic E-state index is 12.4. The van der Waals surface area contributed by atoms with Crippen LogP contribution in [-0.4, -0.2) is 83.2 Å². The Kier molecular flexibility index (Phi) is 3.23. The van der Waals surface area contributed by atoms with Crippen LogP contribution >= 0.6 is 0 Å². The lowest BCUT2D eigenvalue weighted by Crippen LogP contribution is -2.64. The quantitative estimate of drug-likeness (QED) is 0.873. The Morgan fingerprint density at radius 1 is 1.24 bits per heavy atom. The zero-order valence-electron chi connectivity index (χ0n) is 12.6. The molecule has 3 heterocycles. The summed E-state index contributed by atoms with van der Waals surface area (Å²) < 4.78 is 0. The Labute approximate surface area is 125 Å². The normalized spacial score (nSPS) is 25.1. The highest BCUT2D eigenvalue weighted by atomic mass is 16.2. The minimum Gasteiger partial charge on any atom is -0.334 e. The fraction of sp³-hybridized carbons (Fsp3) is 0.733. The topological polar surface area (TPSA) is 55.5 Å². The van der Waals surface area contributed by atoms with E-state index < -0.39 is 0 Å². The maximum absolute atomic E-state index is 12.4. The predicted molar refractivity (Wildman–Crippen MR) is 79.3 cm³/mol.